The van der Waals surface area contributed by atoms with Crippen LogP contribution >= 0.6 is 0 Å². The molecule has 0 bridgehead atoms. The maximum Gasteiger partial charge on any atom is 0.337 e. The summed E-state index contributed by atoms with van der Waals surface area (Å²) in [5.41, 5.74) is 0.280. The number of hydrogen-bond donors (Lipinski definition) is 1. The molecule has 0 spiro atoms. The number of aromatic carboxylic acids is 1. The normalized spacial score (nSPS) is 13.9. The molecule has 3 heterocycles. The first-order chi connectivity index (χ1) is 9.65. The topological polar surface area (TPSA) is 101 Å². The Balaban J connectivity index is 1.78. The summed E-state index contributed by atoms with van der Waals surface area (Å²) < 4.78 is 1.89. The lowest BCUT2D eigenvalue weighted by Gasteiger charge is -2.26. The molecular weight excluding hydrogens is 262 g/mol. The van der Waals surface area contributed by atoms with E-state index in [0.29, 0.717) is 19.6 Å². The molecule has 20 heavy (non-hydrogen) atoms. The molecule has 8 heteroatoms. The molecule has 1 aliphatic rings. The van der Waals surface area contributed by atoms with Gasteiger partial charge in [-0.25, -0.2) is 4.79 Å². The van der Waals surface area contributed by atoms with Gasteiger partial charge in [0.2, 0.25) is 0 Å². The van der Waals surface area contributed by atoms with E-state index in [9.17, 15) is 9.59 Å². The largest absolute Gasteiger partial charge is 0.478 e. The number of pyridine rings is 1. The summed E-state index contributed by atoms with van der Waals surface area (Å²) in [6.07, 6.45) is 2.82. The molecule has 0 saturated heterocycles. The van der Waals surface area contributed by atoms with Crippen LogP contribution in [-0.4, -0.2) is 48.2 Å². The van der Waals surface area contributed by atoms with E-state index < -0.39 is 5.97 Å². The van der Waals surface area contributed by atoms with Crippen LogP contribution in [0.15, 0.2) is 24.7 Å². The van der Waals surface area contributed by atoms with Gasteiger partial charge in [0.25, 0.3) is 5.91 Å². The molecule has 0 fully saturated rings. The number of carbonyl (C=O) groups excluding carboxylic acids is 1. The van der Waals surface area contributed by atoms with E-state index >= 15 is 0 Å². The fourth-order valence-electron chi connectivity index (χ4n) is 2.05. The summed E-state index contributed by atoms with van der Waals surface area (Å²) in [4.78, 5) is 28.5. The average molecular weight is 273 g/mol. The number of hydrogen-bond acceptors (Lipinski definition) is 5. The van der Waals surface area contributed by atoms with Crippen molar-refractivity contribution in [1.29, 1.82) is 0 Å². The van der Waals surface area contributed by atoms with Crippen molar-refractivity contribution in [2.24, 2.45) is 0 Å². The molecule has 1 aliphatic heterocycles. The molecule has 2 aromatic heterocycles. The first-order valence-corrected chi connectivity index (χ1v) is 6.00. The van der Waals surface area contributed by atoms with E-state index in [-0.39, 0.29) is 17.2 Å². The molecule has 0 atom stereocenters. The van der Waals surface area contributed by atoms with Gasteiger partial charge in [-0.2, -0.15) is 0 Å². The van der Waals surface area contributed by atoms with Crippen LogP contribution in [0.4, 0.5) is 0 Å². The Hall–Kier alpha value is -2.77. The lowest BCUT2D eigenvalue weighted by molar-refractivity contribution is 0.0684. The monoisotopic (exact) mass is 273 g/mol. The minimum absolute atomic E-state index is 0.0555. The van der Waals surface area contributed by atoms with Crippen LogP contribution < -0.4 is 0 Å². The quantitative estimate of drug-likeness (QED) is 0.828. The number of rotatable bonds is 2. The summed E-state index contributed by atoms with van der Waals surface area (Å²) in [5.74, 6) is -0.578. The molecule has 1 N–H and O–H groups in total. The Morgan fingerprint density at radius 1 is 1.25 bits per heavy atom. The Bertz CT molecular complexity index is 664. The van der Waals surface area contributed by atoms with E-state index in [1.807, 2.05) is 4.57 Å². The highest BCUT2D eigenvalue weighted by Crippen LogP contribution is 2.12. The number of fused-ring (bicyclic) bond motifs is 1. The smallest absolute Gasteiger partial charge is 0.337 e. The summed E-state index contributed by atoms with van der Waals surface area (Å²) in [6, 6.07) is 2.79. The lowest BCUT2D eigenvalue weighted by atomic mass is 10.2. The van der Waals surface area contributed by atoms with Gasteiger partial charge in [0.05, 0.1) is 12.1 Å². The summed E-state index contributed by atoms with van der Waals surface area (Å²) in [7, 11) is 0. The molecular formula is C12H11N5O3. The van der Waals surface area contributed by atoms with Crippen LogP contribution in [0.25, 0.3) is 0 Å². The summed E-state index contributed by atoms with van der Waals surface area (Å²) in [6.45, 7) is 1.56. The van der Waals surface area contributed by atoms with Crippen molar-refractivity contribution in [2.75, 3.05) is 6.54 Å². The second-order valence-electron chi connectivity index (χ2n) is 4.40. The van der Waals surface area contributed by atoms with E-state index in [1.165, 1.54) is 18.3 Å². The van der Waals surface area contributed by atoms with Gasteiger partial charge in [0, 0.05) is 19.3 Å². The van der Waals surface area contributed by atoms with Crippen molar-refractivity contribution in [3.05, 3.63) is 41.7 Å². The van der Waals surface area contributed by atoms with E-state index in [2.05, 4.69) is 15.2 Å². The molecule has 102 valence electrons. The lowest BCUT2D eigenvalue weighted by Crippen LogP contribution is -2.38. The molecule has 8 nitrogen and oxygen atoms in total. The molecule has 3 rings (SSSR count). The van der Waals surface area contributed by atoms with Gasteiger partial charge in [-0.1, -0.05) is 0 Å². The molecule has 0 saturated carbocycles. The SMILES string of the molecule is O=C(O)c1ccc(C(=O)N2CCn3cnnc3C2)nc1. The highest BCUT2D eigenvalue weighted by atomic mass is 16.4. The molecule has 2 aromatic rings. The number of carboxylic acids is 1. The van der Waals surface area contributed by atoms with Crippen molar-refractivity contribution in [2.45, 2.75) is 13.1 Å². The second-order valence-corrected chi connectivity index (χ2v) is 4.40. The van der Waals surface area contributed by atoms with Crippen molar-refractivity contribution in [3.8, 4) is 0 Å². The van der Waals surface area contributed by atoms with Crippen LogP contribution in [0.3, 0.4) is 0 Å². The predicted octanol–water partition coefficient (Wildman–Crippen LogP) is 0.0273. The minimum Gasteiger partial charge on any atom is -0.478 e. The third-order valence-electron chi connectivity index (χ3n) is 3.16. The number of amides is 1. The third kappa shape index (κ3) is 2.11. The molecule has 0 aliphatic carbocycles. The van der Waals surface area contributed by atoms with E-state index in [4.69, 9.17) is 5.11 Å². The number of nitrogens with zero attached hydrogens (tertiary/aromatic N) is 5. The first kappa shape index (κ1) is 12.3. The number of carbonyl (C=O) groups is 2. The predicted molar refractivity (Wildman–Crippen MR) is 66.0 cm³/mol. The minimum atomic E-state index is -1.07. The zero-order valence-electron chi connectivity index (χ0n) is 10.4. The average Bonchev–Trinajstić information content (AvgIpc) is 2.94. The third-order valence-corrected chi connectivity index (χ3v) is 3.16. The van der Waals surface area contributed by atoms with Crippen LogP contribution in [0.2, 0.25) is 0 Å². The van der Waals surface area contributed by atoms with Crippen molar-refractivity contribution >= 4 is 11.9 Å². The molecule has 0 radical (unpaired) electrons. The van der Waals surface area contributed by atoms with E-state index in [0.717, 1.165) is 5.82 Å². The van der Waals surface area contributed by atoms with Crippen molar-refractivity contribution < 1.29 is 14.7 Å². The zero-order valence-corrected chi connectivity index (χ0v) is 10.4. The summed E-state index contributed by atoms with van der Waals surface area (Å²) >= 11 is 0. The molecule has 1 amide bonds. The Morgan fingerprint density at radius 3 is 2.80 bits per heavy atom. The van der Waals surface area contributed by atoms with E-state index in [1.54, 1.807) is 11.2 Å². The Kier molecular flexibility index (Phi) is 2.90. The molecule has 0 unspecified atom stereocenters. The fraction of sp³-hybridized carbons (Fsp3) is 0.250. The Morgan fingerprint density at radius 2 is 2.10 bits per heavy atom. The highest BCUT2D eigenvalue weighted by Gasteiger charge is 2.23. The first-order valence-electron chi connectivity index (χ1n) is 6.00. The zero-order chi connectivity index (χ0) is 14.1. The van der Waals surface area contributed by atoms with Crippen LogP contribution in [0.1, 0.15) is 26.7 Å². The van der Waals surface area contributed by atoms with Gasteiger partial charge in [-0.05, 0) is 12.1 Å². The Labute approximate surface area is 113 Å². The van der Waals surface area contributed by atoms with Gasteiger partial charge in [-0.3, -0.25) is 9.78 Å². The standard InChI is InChI=1S/C12H11N5O3/c18-11(9-2-1-8(5-13-9)12(19)20)16-3-4-17-7-14-15-10(17)6-16/h1-2,5,7H,3-4,6H2,(H,19,20). The number of carboxylic acid groups (broad SMARTS) is 1. The summed E-state index contributed by atoms with van der Waals surface area (Å²) in [5, 5.41) is 16.5. The van der Waals surface area contributed by atoms with Crippen molar-refractivity contribution in [1.82, 2.24) is 24.6 Å². The van der Waals surface area contributed by atoms with Gasteiger partial charge in [0.1, 0.15) is 12.0 Å². The number of aromatic nitrogens is 4. The maximum atomic E-state index is 12.3. The van der Waals surface area contributed by atoms with Crippen LogP contribution in [0, 0.1) is 0 Å². The van der Waals surface area contributed by atoms with Gasteiger partial charge < -0.3 is 14.6 Å². The second kappa shape index (κ2) is 4.72. The molecule has 0 aromatic carbocycles. The van der Waals surface area contributed by atoms with Gasteiger partial charge >= 0.3 is 5.97 Å². The highest BCUT2D eigenvalue weighted by molar-refractivity contribution is 5.93. The van der Waals surface area contributed by atoms with Gasteiger partial charge in [-0.15, -0.1) is 10.2 Å². The van der Waals surface area contributed by atoms with Crippen LogP contribution in [0.5, 0.6) is 0 Å². The van der Waals surface area contributed by atoms with Gasteiger partial charge in [0.15, 0.2) is 5.82 Å². The fourth-order valence-corrected chi connectivity index (χ4v) is 2.05. The van der Waals surface area contributed by atoms with Crippen molar-refractivity contribution in [3.63, 3.8) is 0 Å². The maximum absolute atomic E-state index is 12.3. The van der Waals surface area contributed by atoms with Crippen LogP contribution in [-0.2, 0) is 13.1 Å².